The van der Waals surface area contributed by atoms with E-state index in [2.05, 4.69) is 11.9 Å². The number of hydrogen-bond donors (Lipinski definition) is 1. The van der Waals surface area contributed by atoms with Gasteiger partial charge in [-0.2, -0.15) is 0 Å². The molecule has 3 atom stereocenters. The second-order valence-corrected chi connectivity index (χ2v) is 5.07. The fourth-order valence-electron chi connectivity index (χ4n) is 2.78. The Hall–Kier alpha value is -0.830. The molecule has 1 fully saturated rings. The maximum atomic E-state index is 10.2. The van der Waals surface area contributed by atoms with Gasteiger partial charge in [-0.15, -0.1) is 0 Å². The predicted octanol–water partition coefficient (Wildman–Crippen LogP) is 2.15. The summed E-state index contributed by atoms with van der Waals surface area (Å²) in [5.41, 5.74) is 0. The molecule has 2 rings (SSSR count). The van der Waals surface area contributed by atoms with E-state index in [0.29, 0.717) is 12.3 Å². The van der Waals surface area contributed by atoms with E-state index in [9.17, 15) is 5.11 Å². The van der Waals surface area contributed by atoms with Crippen molar-refractivity contribution < 1.29 is 5.11 Å². The zero-order valence-electron chi connectivity index (χ0n) is 10.3. The molecule has 1 N–H and O–H groups in total. The van der Waals surface area contributed by atoms with Gasteiger partial charge in [0, 0.05) is 25.9 Å². The number of aliphatic hydroxyl groups is 1. The van der Waals surface area contributed by atoms with Crippen molar-refractivity contribution in [3.05, 3.63) is 18.2 Å². The van der Waals surface area contributed by atoms with Crippen molar-refractivity contribution in [3.8, 4) is 0 Å². The molecule has 3 nitrogen and oxygen atoms in total. The summed E-state index contributed by atoms with van der Waals surface area (Å²) in [6.45, 7) is 2.25. The molecule has 0 amide bonds. The Labute approximate surface area is 97.5 Å². The van der Waals surface area contributed by atoms with Gasteiger partial charge in [0.1, 0.15) is 5.82 Å². The molecule has 1 aliphatic rings. The first-order valence-corrected chi connectivity index (χ1v) is 6.35. The molecule has 90 valence electrons. The molecule has 1 saturated carbocycles. The highest BCUT2D eigenvalue weighted by atomic mass is 16.3. The van der Waals surface area contributed by atoms with Gasteiger partial charge in [-0.25, -0.2) is 4.98 Å². The number of imidazole rings is 1. The zero-order chi connectivity index (χ0) is 11.5. The van der Waals surface area contributed by atoms with Gasteiger partial charge in [-0.05, 0) is 24.7 Å². The molecule has 0 aliphatic heterocycles. The third-order valence-corrected chi connectivity index (χ3v) is 4.02. The Morgan fingerprint density at radius 3 is 2.94 bits per heavy atom. The van der Waals surface area contributed by atoms with Gasteiger partial charge in [0.15, 0.2) is 0 Å². The molecule has 3 heteroatoms. The van der Waals surface area contributed by atoms with Crippen molar-refractivity contribution in [1.82, 2.24) is 9.55 Å². The Kier molecular flexibility index (Phi) is 3.64. The Balaban J connectivity index is 1.89. The third-order valence-electron chi connectivity index (χ3n) is 4.02. The van der Waals surface area contributed by atoms with E-state index in [1.165, 1.54) is 25.7 Å². The highest BCUT2D eigenvalue weighted by molar-refractivity contribution is 4.95. The average Bonchev–Trinajstić information content (AvgIpc) is 2.88. The van der Waals surface area contributed by atoms with Crippen molar-refractivity contribution in [2.24, 2.45) is 18.9 Å². The fraction of sp³-hybridized carbons (Fsp3) is 0.769. The summed E-state index contributed by atoms with van der Waals surface area (Å²) in [5, 5.41) is 10.2. The second-order valence-electron chi connectivity index (χ2n) is 5.07. The molecular formula is C13H22N2O. The van der Waals surface area contributed by atoms with E-state index in [-0.39, 0.29) is 6.10 Å². The molecular weight excluding hydrogens is 200 g/mol. The molecule has 1 aromatic rings. The van der Waals surface area contributed by atoms with Crippen molar-refractivity contribution in [2.45, 2.75) is 45.1 Å². The van der Waals surface area contributed by atoms with Crippen molar-refractivity contribution in [3.63, 3.8) is 0 Å². The Morgan fingerprint density at radius 1 is 1.56 bits per heavy atom. The Morgan fingerprint density at radius 2 is 2.38 bits per heavy atom. The highest BCUT2D eigenvalue weighted by Gasteiger charge is 2.29. The van der Waals surface area contributed by atoms with E-state index in [1.54, 1.807) is 6.20 Å². The normalized spacial score (nSPS) is 27.2. The monoisotopic (exact) mass is 222 g/mol. The van der Waals surface area contributed by atoms with Gasteiger partial charge in [-0.3, -0.25) is 0 Å². The van der Waals surface area contributed by atoms with Crippen LogP contribution in [0.15, 0.2) is 12.4 Å². The van der Waals surface area contributed by atoms with Crippen LogP contribution in [0.25, 0.3) is 0 Å². The van der Waals surface area contributed by atoms with Gasteiger partial charge in [-0.1, -0.05) is 19.8 Å². The van der Waals surface area contributed by atoms with Crippen LogP contribution in [0.5, 0.6) is 0 Å². The summed E-state index contributed by atoms with van der Waals surface area (Å²) in [5.74, 6) is 2.31. The van der Waals surface area contributed by atoms with Gasteiger partial charge in [0.2, 0.25) is 0 Å². The Bertz CT molecular complexity index is 334. The summed E-state index contributed by atoms with van der Waals surface area (Å²) < 4.78 is 2.00. The van der Waals surface area contributed by atoms with Crippen LogP contribution in [-0.4, -0.2) is 20.8 Å². The van der Waals surface area contributed by atoms with Crippen molar-refractivity contribution in [1.29, 1.82) is 0 Å². The van der Waals surface area contributed by atoms with Crippen molar-refractivity contribution >= 4 is 0 Å². The first-order valence-electron chi connectivity index (χ1n) is 6.35. The van der Waals surface area contributed by atoms with Crippen LogP contribution >= 0.6 is 0 Å². The minimum absolute atomic E-state index is 0.211. The maximum absolute atomic E-state index is 10.2. The summed E-state index contributed by atoms with van der Waals surface area (Å²) >= 11 is 0. The van der Waals surface area contributed by atoms with Gasteiger partial charge < -0.3 is 9.67 Å². The minimum atomic E-state index is -0.211. The summed E-state index contributed by atoms with van der Waals surface area (Å²) in [6, 6.07) is 0. The largest absolute Gasteiger partial charge is 0.392 e. The number of hydrogen-bond acceptors (Lipinski definition) is 2. The standard InChI is InChI=1S/C13H22N2O/c1-3-10-4-5-11(8-10)12(16)9-13-14-6-7-15(13)2/h6-7,10-12,16H,3-5,8-9H2,1-2H3. The molecule has 1 aliphatic carbocycles. The lowest BCUT2D eigenvalue weighted by atomic mass is 9.96. The van der Waals surface area contributed by atoms with Crippen LogP contribution in [0.3, 0.4) is 0 Å². The highest BCUT2D eigenvalue weighted by Crippen LogP contribution is 2.35. The lowest BCUT2D eigenvalue weighted by molar-refractivity contribution is 0.106. The predicted molar refractivity (Wildman–Crippen MR) is 64.0 cm³/mol. The molecule has 0 aromatic carbocycles. The molecule has 0 saturated heterocycles. The number of aryl methyl sites for hydroxylation is 1. The third kappa shape index (κ3) is 2.46. The van der Waals surface area contributed by atoms with Crippen LogP contribution < -0.4 is 0 Å². The van der Waals surface area contributed by atoms with Gasteiger partial charge in [0.05, 0.1) is 6.10 Å². The molecule has 1 aromatic heterocycles. The zero-order valence-corrected chi connectivity index (χ0v) is 10.3. The van der Waals surface area contributed by atoms with Crippen LogP contribution in [-0.2, 0) is 13.5 Å². The first-order chi connectivity index (χ1) is 7.70. The number of aliphatic hydroxyl groups excluding tert-OH is 1. The second kappa shape index (κ2) is 5.00. The summed E-state index contributed by atoms with van der Waals surface area (Å²) in [7, 11) is 1.98. The van der Waals surface area contributed by atoms with Crippen LogP contribution in [0.4, 0.5) is 0 Å². The maximum Gasteiger partial charge on any atom is 0.110 e. The SMILES string of the molecule is CCC1CCC(C(O)Cc2nccn2C)C1. The van der Waals surface area contributed by atoms with Gasteiger partial charge in [0.25, 0.3) is 0 Å². The molecule has 1 heterocycles. The lowest BCUT2D eigenvalue weighted by Crippen LogP contribution is -2.22. The molecule has 0 bridgehead atoms. The fourth-order valence-corrected chi connectivity index (χ4v) is 2.78. The van der Waals surface area contributed by atoms with E-state index in [4.69, 9.17) is 0 Å². The first kappa shape index (κ1) is 11.6. The molecule has 0 spiro atoms. The van der Waals surface area contributed by atoms with E-state index in [1.807, 2.05) is 17.8 Å². The van der Waals surface area contributed by atoms with Crippen LogP contribution in [0, 0.1) is 11.8 Å². The number of aromatic nitrogens is 2. The van der Waals surface area contributed by atoms with E-state index >= 15 is 0 Å². The summed E-state index contributed by atoms with van der Waals surface area (Å²) in [4.78, 5) is 4.27. The number of nitrogens with zero attached hydrogens (tertiary/aromatic N) is 2. The van der Waals surface area contributed by atoms with E-state index < -0.39 is 0 Å². The minimum Gasteiger partial charge on any atom is -0.392 e. The quantitative estimate of drug-likeness (QED) is 0.847. The molecule has 0 radical (unpaired) electrons. The van der Waals surface area contributed by atoms with Crippen LogP contribution in [0.2, 0.25) is 0 Å². The van der Waals surface area contributed by atoms with Gasteiger partial charge >= 0.3 is 0 Å². The number of rotatable bonds is 4. The smallest absolute Gasteiger partial charge is 0.110 e. The molecule has 3 unspecified atom stereocenters. The average molecular weight is 222 g/mol. The molecule has 16 heavy (non-hydrogen) atoms. The summed E-state index contributed by atoms with van der Waals surface area (Å²) in [6.07, 6.45) is 9.15. The lowest BCUT2D eigenvalue weighted by Gasteiger charge is -2.17. The van der Waals surface area contributed by atoms with Crippen LogP contribution in [0.1, 0.15) is 38.4 Å². The topological polar surface area (TPSA) is 38.1 Å². The van der Waals surface area contributed by atoms with E-state index in [0.717, 1.165) is 11.7 Å². The van der Waals surface area contributed by atoms with Crippen molar-refractivity contribution in [2.75, 3.05) is 0 Å².